The number of halogens is 1. The maximum atomic E-state index is 14.0. The van der Waals surface area contributed by atoms with Crippen molar-refractivity contribution in [3.8, 4) is 11.5 Å². The normalized spacial score (nSPS) is 14.3. The molecule has 3 rings (SSSR count). The Bertz CT molecular complexity index is 890. The Labute approximate surface area is 169 Å². The maximum absolute atomic E-state index is 14.0. The summed E-state index contributed by atoms with van der Waals surface area (Å²) in [4.78, 5) is 29.0. The number of nitrogens with zero attached hydrogens (tertiary/aromatic N) is 2. The Morgan fingerprint density at radius 1 is 0.897 bits per heavy atom. The smallest absolute Gasteiger partial charge is 0.256 e. The highest BCUT2D eigenvalue weighted by Gasteiger charge is 2.25. The molecule has 2 aromatic carbocycles. The van der Waals surface area contributed by atoms with Crippen LogP contribution in [0.1, 0.15) is 32.7 Å². The molecule has 2 amide bonds. The largest absolute Gasteiger partial charge is 0.496 e. The molecule has 0 bridgehead atoms. The quantitative estimate of drug-likeness (QED) is 0.791. The first-order valence-corrected chi connectivity index (χ1v) is 9.52. The molecule has 0 N–H and O–H groups in total. The molecule has 6 nitrogen and oxygen atoms in total. The molecule has 1 fully saturated rings. The summed E-state index contributed by atoms with van der Waals surface area (Å²) in [7, 11) is 3.10. The van der Waals surface area contributed by atoms with Crippen LogP contribution in [0.25, 0.3) is 0 Å². The van der Waals surface area contributed by atoms with Crippen LogP contribution < -0.4 is 9.47 Å². The first-order valence-electron chi connectivity index (χ1n) is 9.52. The van der Waals surface area contributed by atoms with E-state index in [1.807, 2.05) is 6.92 Å². The van der Waals surface area contributed by atoms with E-state index in [2.05, 4.69) is 0 Å². The van der Waals surface area contributed by atoms with E-state index < -0.39 is 5.82 Å². The van der Waals surface area contributed by atoms with Gasteiger partial charge in [-0.05, 0) is 37.6 Å². The van der Waals surface area contributed by atoms with E-state index in [0.29, 0.717) is 49.7 Å². The number of ether oxygens (including phenoxy) is 2. The molecular weight excluding hydrogens is 375 g/mol. The van der Waals surface area contributed by atoms with Crippen molar-refractivity contribution in [3.05, 3.63) is 58.9 Å². The molecule has 1 aliphatic heterocycles. The number of carbonyl (C=O) groups is 2. The molecule has 1 saturated heterocycles. The summed E-state index contributed by atoms with van der Waals surface area (Å²) in [5.41, 5.74) is 1.35. The van der Waals surface area contributed by atoms with Crippen molar-refractivity contribution in [2.75, 3.05) is 40.4 Å². The van der Waals surface area contributed by atoms with Gasteiger partial charge < -0.3 is 19.3 Å². The van der Waals surface area contributed by atoms with E-state index >= 15 is 0 Å². The number of hydrogen-bond donors (Lipinski definition) is 0. The van der Waals surface area contributed by atoms with Crippen LogP contribution in [-0.2, 0) is 0 Å². The maximum Gasteiger partial charge on any atom is 0.256 e. The lowest BCUT2D eigenvalue weighted by Gasteiger charge is -2.23. The van der Waals surface area contributed by atoms with E-state index in [1.165, 1.54) is 12.1 Å². The fourth-order valence-corrected chi connectivity index (χ4v) is 3.52. The number of benzene rings is 2. The molecule has 0 spiro atoms. The standard InChI is InChI=1S/C22H25FN2O4/c1-15-19(28-2)13-16(14-20(15)29-3)21(26)24-9-6-10-25(12-11-24)22(27)17-7-4-5-8-18(17)23/h4-5,7-8,13-14H,6,9-12H2,1-3H3. The van der Waals surface area contributed by atoms with E-state index in [4.69, 9.17) is 9.47 Å². The van der Waals surface area contributed by atoms with Crippen LogP contribution in [0.4, 0.5) is 4.39 Å². The summed E-state index contributed by atoms with van der Waals surface area (Å²) < 4.78 is 24.7. The highest BCUT2D eigenvalue weighted by Crippen LogP contribution is 2.30. The lowest BCUT2D eigenvalue weighted by atomic mass is 10.1. The van der Waals surface area contributed by atoms with Crippen molar-refractivity contribution in [3.63, 3.8) is 0 Å². The van der Waals surface area contributed by atoms with Gasteiger partial charge in [0.05, 0.1) is 19.8 Å². The summed E-state index contributed by atoms with van der Waals surface area (Å²) in [6.45, 7) is 3.57. The summed E-state index contributed by atoms with van der Waals surface area (Å²) >= 11 is 0. The zero-order chi connectivity index (χ0) is 21.0. The fourth-order valence-electron chi connectivity index (χ4n) is 3.52. The topological polar surface area (TPSA) is 59.1 Å². The first kappa shape index (κ1) is 20.6. The van der Waals surface area contributed by atoms with Gasteiger partial charge in [0.15, 0.2) is 0 Å². The minimum absolute atomic E-state index is 0.0558. The highest BCUT2D eigenvalue weighted by atomic mass is 19.1. The molecule has 29 heavy (non-hydrogen) atoms. The first-order chi connectivity index (χ1) is 14.0. The van der Waals surface area contributed by atoms with E-state index in [1.54, 1.807) is 48.3 Å². The number of carbonyl (C=O) groups excluding carboxylic acids is 2. The van der Waals surface area contributed by atoms with Gasteiger partial charge in [-0.2, -0.15) is 0 Å². The lowest BCUT2D eigenvalue weighted by molar-refractivity contribution is 0.0716. The number of methoxy groups -OCH3 is 2. The summed E-state index contributed by atoms with van der Waals surface area (Å²) in [6.07, 6.45) is 0.617. The van der Waals surface area contributed by atoms with Crippen LogP contribution in [-0.4, -0.2) is 62.0 Å². The monoisotopic (exact) mass is 400 g/mol. The molecule has 154 valence electrons. The minimum atomic E-state index is -0.534. The van der Waals surface area contributed by atoms with Gasteiger partial charge in [-0.15, -0.1) is 0 Å². The van der Waals surface area contributed by atoms with E-state index in [9.17, 15) is 14.0 Å². The van der Waals surface area contributed by atoms with Crippen LogP contribution in [0, 0.1) is 12.7 Å². The van der Waals surface area contributed by atoms with Crippen LogP contribution in [0.3, 0.4) is 0 Å². The SMILES string of the molecule is COc1cc(C(=O)N2CCCN(C(=O)c3ccccc3F)CC2)cc(OC)c1C. The van der Waals surface area contributed by atoms with Crippen molar-refractivity contribution in [1.82, 2.24) is 9.80 Å². The summed E-state index contributed by atoms with van der Waals surface area (Å²) in [5, 5.41) is 0. The Morgan fingerprint density at radius 2 is 1.45 bits per heavy atom. The molecule has 1 aliphatic rings. The van der Waals surface area contributed by atoms with E-state index in [-0.39, 0.29) is 17.4 Å². The van der Waals surface area contributed by atoms with Gasteiger partial charge in [-0.3, -0.25) is 9.59 Å². The average Bonchev–Trinajstić information content (AvgIpc) is 2.99. The molecule has 2 aromatic rings. The van der Waals surface area contributed by atoms with Crippen molar-refractivity contribution in [1.29, 1.82) is 0 Å². The molecule has 0 aromatic heterocycles. The Morgan fingerprint density at radius 3 is 2.00 bits per heavy atom. The van der Waals surface area contributed by atoms with Crippen LogP contribution >= 0.6 is 0 Å². The van der Waals surface area contributed by atoms with Gasteiger partial charge >= 0.3 is 0 Å². The third-order valence-electron chi connectivity index (χ3n) is 5.17. The highest BCUT2D eigenvalue weighted by molar-refractivity contribution is 5.96. The van der Waals surface area contributed by atoms with Crippen LogP contribution in [0.15, 0.2) is 36.4 Å². The molecule has 1 heterocycles. The number of amides is 2. The zero-order valence-electron chi connectivity index (χ0n) is 16.9. The Hall–Kier alpha value is -3.09. The minimum Gasteiger partial charge on any atom is -0.496 e. The zero-order valence-corrected chi connectivity index (χ0v) is 16.9. The van der Waals surface area contributed by atoms with Gasteiger partial charge in [-0.25, -0.2) is 4.39 Å². The van der Waals surface area contributed by atoms with Crippen molar-refractivity contribution in [2.24, 2.45) is 0 Å². The second-order valence-electron chi connectivity index (χ2n) is 6.92. The van der Waals surface area contributed by atoms with Crippen LogP contribution in [0.2, 0.25) is 0 Å². The van der Waals surface area contributed by atoms with E-state index in [0.717, 1.165) is 5.56 Å². The second kappa shape index (κ2) is 8.94. The molecule has 0 saturated carbocycles. The van der Waals surface area contributed by atoms with Gasteiger partial charge in [0.1, 0.15) is 17.3 Å². The fraction of sp³-hybridized carbons (Fsp3) is 0.364. The molecule has 7 heteroatoms. The van der Waals surface area contributed by atoms with Crippen LogP contribution in [0.5, 0.6) is 11.5 Å². The molecule has 0 aliphatic carbocycles. The van der Waals surface area contributed by atoms with Gasteiger partial charge in [0.25, 0.3) is 11.8 Å². The van der Waals surface area contributed by atoms with Crippen molar-refractivity contribution < 1.29 is 23.5 Å². The Kier molecular flexibility index (Phi) is 6.36. The second-order valence-corrected chi connectivity index (χ2v) is 6.92. The van der Waals surface area contributed by atoms with Gasteiger partial charge in [-0.1, -0.05) is 12.1 Å². The number of rotatable bonds is 4. The lowest BCUT2D eigenvalue weighted by Crippen LogP contribution is -2.37. The third kappa shape index (κ3) is 4.34. The molecule has 0 radical (unpaired) electrons. The predicted molar refractivity (Wildman–Crippen MR) is 107 cm³/mol. The molecular formula is C22H25FN2O4. The van der Waals surface area contributed by atoms with Crippen molar-refractivity contribution in [2.45, 2.75) is 13.3 Å². The number of hydrogen-bond acceptors (Lipinski definition) is 4. The van der Waals surface area contributed by atoms with Gasteiger partial charge in [0, 0.05) is 37.3 Å². The molecule has 0 atom stereocenters. The Balaban J connectivity index is 1.75. The van der Waals surface area contributed by atoms with Crippen molar-refractivity contribution >= 4 is 11.8 Å². The predicted octanol–water partition coefficient (Wildman–Crippen LogP) is 3.14. The summed E-state index contributed by atoms with van der Waals surface area (Å²) in [5.74, 6) is 0.129. The average molecular weight is 400 g/mol. The third-order valence-corrected chi connectivity index (χ3v) is 5.17. The van der Waals surface area contributed by atoms with Gasteiger partial charge in [0.2, 0.25) is 0 Å². The summed E-state index contributed by atoms with van der Waals surface area (Å²) in [6, 6.07) is 9.36. The molecule has 0 unspecified atom stereocenters.